The molecule has 1 heterocycles. The van der Waals surface area contributed by atoms with Crippen molar-refractivity contribution >= 4 is 38.9 Å². The van der Waals surface area contributed by atoms with E-state index in [0.29, 0.717) is 5.69 Å². The summed E-state index contributed by atoms with van der Waals surface area (Å²) in [6, 6.07) is 2.68. The Balaban J connectivity index is 2.30. The molecule has 2 rings (SSSR count). The smallest absolute Gasteiger partial charge is 0.243 e. The highest BCUT2D eigenvalue weighted by Gasteiger charge is 2.22. The molecule has 1 aromatic heterocycles. The van der Waals surface area contributed by atoms with E-state index in [9.17, 15) is 8.42 Å². The van der Waals surface area contributed by atoms with Crippen LogP contribution in [-0.2, 0) is 16.6 Å². The Morgan fingerprint density at radius 2 is 1.95 bits per heavy atom. The summed E-state index contributed by atoms with van der Waals surface area (Å²) < 4.78 is 26.9. The second kappa shape index (κ2) is 5.61. The Morgan fingerprint density at radius 1 is 1.35 bits per heavy atom. The van der Waals surface area contributed by atoms with Gasteiger partial charge in [-0.2, -0.15) is 5.10 Å². The summed E-state index contributed by atoms with van der Waals surface area (Å²) in [5.41, 5.74) is 7.35. The van der Waals surface area contributed by atoms with E-state index in [4.69, 9.17) is 28.9 Å². The van der Waals surface area contributed by atoms with Crippen molar-refractivity contribution in [2.75, 3.05) is 5.73 Å². The fourth-order valence-electron chi connectivity index (χ4n) is 1.64. The molecule has 0 amide bonds. The maximum absolute atomic E-state index is 12.2. The quantitative estimate of drug-likeness (QED) is 0.745. The first-order chi connectivity index (χ1) is 9.31. The molecule has 0 saturated heterocycles. The number of nitrogens with two attached hydrogens (primary N) is 1. The maximum Gasteiger partial charge on any atom is 0.243 e. The minimum atomic E-state index is -3.84. The zero-order chi connectivity index (χ0) is 14.9. The molecule has 0 spiro atoms. The van der Waals surface area contributed by atoms with Crippen molar-refractivity contribution in [1.82, 2.24) is 14.9 Å². The average molecular weight is 335 g/mol. The molecule has 6 nitrogen and oxygen atoms in total. The van der Waals surface area contributed by atoms with Crippen LogP contribution in [0.1, 0.15) is 11.3 Å². The second-order valence-corrected chi connectivity index (χ2v) is 6.68. The van der Waals surface area contributed by atoms with Crippen molar-refractivity contribution in [3.05, 3.63) is 39.6 Å². The van der Waals surface area contributed by atoms with Gasteiger partial charge in [0, 0.05) is 23.5 Å². The summed E-state index contributed by atoms with van der Waals surface area (Å²) in [5, 5.41) is 6.49. The molecule has 4 N–H and O–H groups in total. The number of nitrogen functional groups attached to an aromatic ring is 1. The van der Waals surface area contributed by atoms with Gasteiger partial charge in [-0.25, -0.2) is 13.1 Å². The normalized spacial score (nSPS) is 11.8. The molecule has 0 aliphatic carbocycles. The number of nitrogens with one attached hydrogen (secondary N) is 2. The van der Waals surface area contributed by atoms with E-state index >= 15 is 0 Å². The van der Waals surface area contributed by atoms with Crippen LogP contribution in [0.15, 0.2) is 23.2 Å². The standard InChI is InChI=1S/C11H12Cl2N4O2S/c1-6-7(4-15-17-6)5-16-20(18,19)11-9(12)2-8(14)3-10(11)13/h2-4,16H,5,14H2,1H3,(H,15,17). The lowest BCUT2D eigenvalue weighted by atomic mass is 10.3. The minimum absolute atomic E-state index is 0.0218. The van der Waals surface area contributed by atoms with Crippen molar-refractivity contribution in [1.29, 1.82) is 0 Å². The highest BCUT2D eigenvalue weighted by atomic mass is 35.5. The Labute approximate surface area is 126 Å². The summed E-state index contributed by atoms with van der Waals surface area (Å²) in [7, 11) is -3.84. The van der Waals surface area contributed by atoms with Crippen LogP contribution < -0.4 is 10.5 Å². The van der Waals surface area contributed by atoms with E-state index in [0.717, 1.165) is 11.3 Å². The lowest BCUT2D eigenvalue weighted by molar-refractivity contribution is 0.581. The molecule has 0 fully saturated rings. The van der Waals surface area contributed by atoms with Crippen molar-refractivity contribution in [3.63, 3.8) is 0 Å². The van der Waals surface area contributed by atoms with E-state index in [1.807, 2.05) is 0 Å². The molecule has 0 unspecified atom stereocenters. The van der Waals surface area contributed by atoms with Crippen molar-refractivity contribution < 1.29 is 8.42 Å². The van der Waals surface area contributed by atoms with Gasteiger partial charge in [-0.1, -0.05) is 23.2 Å². The average Bonchev–Trinajstić information content (AvgIpc) is 2.70. The van der Waals surface area contributed by atoms with Crippen LogP contribution in [0.3, 0.4) is 0 Å². The first-order valence-electron chi connectivity index (χ1n) is 5.54. The molecule has 0 saturated carbocycles. The fourth-order valence-corrected chi connectivity index (χ4v) is 3.87. The molecular weight excluding hydrogens is 323 g/mol. The summed E-state index contributed by atoms with van der Waals surface area (Å²) in [6.07, 6.45) is 1.55. The van der Waals surface area contributed by atoms with Gasteiger partial charge in [0.2, 0.25) is 10.0 Å². The highest BCUT2D eigenvalue weighted by molar-refractivity contribution is 7.89. The van der Waals surface area contributed by atoms with E-state index < -0.39 is 10.0 Å². The molecule has 0 bridgehead atoms. The number of halogens is 2. The van der Waals surface area contributed by atoms with Gasteiger partial charge < -0.3 is 5.73 Å². The third-order valence-corrected chi connectivity index (χ3v) is 5.00. The Morgan fingerprint density at radius 3 is 2.45 bits per heavy atom. The van der Waals surface area contributed by atoms with Crippen LogP contribution >= 0.6 is 23.2 Å². The molecule has 0 atom stereocenters. The van der Waals surface area contributed by atoms with Crippen LogP contribution in [-0.4, -0.2) is 18.6 Å². The minimum Gasteiger partial charge on any atom is -0.399 e. The highest BCUT2D eigenvalue weighted by Crippen LogP contribution is 2.31. The third kappa shape index (κ3) is 3.06. The van der Waals surface area contributed by atoms with Gasteiger partial charge in [0.15, 0.2) is 0 Å². The van der Waals surface area contributed by atoms with Gasteiger partial charge in [-0.3, -0.25) is 5.10 Å². The number of nitrogens with zero attached hydrogens (tertiary/aromatic N) is 1. The van der Waals surface area contributed by atoms with Gasteiger partial charge in [0.05, 0.1) is 16.2 Å². The zero-order valence-electron chi connectivity index (χ0n) is 10.4. The lowest BCUT2D eigenvalue weighted by Gasteiger charge is -2.10. The number of hydrogen-bond acceptors (Lipinski definition) is 4. The summed E-state index contributed by atoms with van der Waals surface area (Å²) in [6.45, 7) is 1.88. The van der Waals surface area contributed by atoms with Crippen LogP contribution in [0.5, 0.6) is 0 Å². The van der Waals surface area contributed by atoms with Crippen LogP contribution in [0.2, 0.25) is 10.0 Å². The van der Waals surface area contributed by atoms with Gasteiger partial charge in [-0.05, 0) is 19.1 Å². The van der Waals surface area contributed by atoms with Gasteiger partial charge in [0.25, 0.3) is 0 Å². The van der Waals surface area contributed by atoms with Crippen LogP contribution in [0, 0.1) is 6.92 Å². The molecule has 2 aromatic rings. The van der Waals surface area contributed by atoms with Crippen molar-refractivity contribution in [3.8, 4) is 0 Å². The van der Waals surface area contributed by atoms with E-state index in [1.54, 1.807) is 13.1 Å². The Bertz CT molecular complexity index is 720. The Kier molecular flexibility index (Phi) is 4.24. The SMILES string of the molecule is Cc1[nH]ncc1CNS(=O)(=O)c1c(Cl)cc(N)cc1Cl. The lowest BCUT2D eigenvalue weighted by Crippen LogP contribution is -2.24. The van der Waals surface area contributed by atoms with Gasteiger partial charge >= 0.3 is 0 Å². The predicted molar refractivity (Wildman–Crippen MR) is 78.2 cm³/mol. The summed E-state index contributed by atoms with van der Waals surface area (Å²) in [5.74, 6) is 0. The monoisotopic (exact) mass is 334 g/mol. The Hall–Kier alpha value is -1.28. The molecule has 0 radical (unpaired) electrons. The zero-order valence-corrected chi connectivity index (χ0v) is 12.8. The van der Waals surface area contributed by atoms with E-state index in [2.05, 4.69) is 14.9 Å². The van der Waals surface area contributed by atoms with E-state index in [1.165, 1.54) is 12.1 Å². The first kappa shape index (κ1) is 15.1. The summed E-state index contributed by atoms with van der Waals surface area (Å²) >= 11 is 11.8. The van der Waals surface area contributed by atoms with Crippen molar-refractivity contribution in [2.24, 2.45) is 0 Å². The number of hydrogen-bond donors (Lipinski definition) is 3. The number of anilines is 1. The van der Waals surface area contributed by atoms with Gasteiger partial charge in [0.1, 0.15) is 4.90 Å². The summed E-state index contributed by atoms with van der Waals surface area (Å²) in [4.78, 5) is -0.184. The van der Waals surface area contributed by atoms with Crippen molar-refractivity contribution in [2.45, 2.75) is 18.4 Å². The largest absolute Gasteiger partial charge is 0.399 e. The predicted octanol–water partition coefficient (Wildman–Crippen LogP) is 2.09. The molecule has 1 aromatic carbocycles. The number of aryl methyl sites for hydroxylation is 1. The molecule has 0 aliphatic rings. The topological polar surface area (TPSA) is 101 Å². The number of rotatable bonds is 4. The molecule has 9 heteroatoms. The molecular formula is C11H12Cl2N4O2S. The fraction of sp³-hybridized carbons (Fsp3) is 0.182. The molecule has 108 valence electrons. The number of benzene rings is 1. The second-order valence-electron chi connectivity index (χ2n) is 4.16. The number of sulfonamides is 1. The molecule has 0 aliphatic heterocycles. The number of aromatic amines is 1. The number of H-pyrrole nitrogens is 1. The first-order valence-corrected chi connectivity index (χ1v) is 7.78. The van der Waals surface area contributed by atoms with Gasteiger partial charge in [-0.15, -0.1) is 0 Å². The van der Waals surface area contributed by atoms with Crippen LogP contribution in [0.4, 0.5) is 5.69 Å². The maximum atomic E-state index is 12.2. The van der Waals surface area contributed by atoms with Crippen LogP contribution in [0.25, 0.3) is 0 Å². The van der Waals surface area contributed by atoms with E-state index in [-0.39, 0.29) is 21.5 Å². The third-order valence-electron chi connectivity index (χ3n) is 2.68. The molecule has 20 heavy (non-hydrogen) atoms. The number of aromatic nitrogens is 2.